The Bertz CT molecular complexity index is 2190. The number of nitrogen functional groups attached to an aromatic ring is 1. The molecular formula is C64H99F2NO7. The van der Waals surface area contributed by atoms with Crippen molar-refractivity contribution in [3.05, 3.63) is 64.7 Å². The number of halogens is 2. The van der Waals surface area contributed by atoms with Gasteiger partial charge in [0.15, 0.2) is 0 Å². The third kappa shape index (κ3) is 13.1. The minimum atomic E-state index is -0.628. The maximum absolute atomic E-state index is 13.5. The smallest absolute Gasteiger partial charge is 0.307 e. The van der Waals surface area contributed by atoms with E-state index >= 15 is 0 Å². The van der Waals surface area contributed by atoms with Gasteiger partial charge in [0.25, 0.3) is 0 Å². The highest BCUT2D eigenvalue weighted by molar-refractivity contribution is 5.84. The predicted octanol–water partition coefficient (Wildman–Crippen LogP) is 14.0. The summed E-state index contributed by atoms with van der Waals surface area (Å²) in [6, 6.07) is 9.15. The number of anilines is 1. The molecule has 0 bridgehead atoms. The van der Waals surface area contributed by atoms with Crippen molar-refractivity contribution < 1.29 is 44.5 Å². The second-order valence-corrected chi connectivity index (χ2v) is 24.5. The van der Waals surface area contributed by atoms with Gasteiger partial charge in [0.2, 0.25) is 0 Å². The molecule has 5 N–H and O–H groups in total. The monoisotopic (exact) mass is 1030 g/mol. The first-order valence-corrected chi connectivity index (χ1v) is 28.5. The topological polar surface area (TPSA) is 139 Å². The number of aliphatic hydroxyl groups is 2. The molecule has 2 aromatic carbocycles. The van der Waals surface area contributed by atoms with Gasteiger partial charge in [0, 0.05) is 32.6 Å². The molecule has 0 amide bonds. The zero-order valence-corrected chi connectivity index (χ0v) is 45.8. The second-order valence-electron chi connectivity index (χ2n) is 24.5. The number of nitrogens with two attached hydrogens (primary N) is 1. The zero-order chi connectivity index (χ0) is 54.2. The lowest BCUT2D eigenvalue weighted by atomic mass is 9.49. The van der Waals surface area contributed by atoms with Crippen LogP contribution >= 0.6 is 0 Å². The van der Waals surface area contributed by atoms with Gasteiger partial charge in [-0.1, -0.05) is 41.2 Å². The first kappa shape index (κ1) is 59.9. The Balaban J connectivity index is 0.000000223. The molecule has 0 spiro atoms. The molecule has 74 heavy (non-hydrogen) atoms. The largest absolute Gasteiger partial charge is 0.481 e. The van der Waals surface area contributed by atoms with E-state index in [0.29, 0.717) is 74.9 Å². The van der Waals surface area contributed by atoms with E-state index in [1.54, 1.807) is 32.0 Å². The minimum absolute atomic E-state index is 0. The van der Waals surface area contributed by atoms with Gasteiger partial charge in [-0.3, -0.25) is 9.59 Å². The second kappa shape index (κ2) is 26.3. The quantitative estimate of drug-likeness (QED) is 0.136. The number of carbonyl (C=O) groups excluding carboxylic acids is 1. The molecule has 0 unspecified atom stereocenters. The van der Waals surface area contributed by atoms with E-state index in [1.807, 2.05) is 20.8 Å². The van der Waals surface area contributed by atoms with Gasteiger partial charge < -0.3 is 30.5 Å². The van der Waals surface area contributed by atoms with Gasteiger partial charge in [0.05, 0.1) is 30.3 Å². The molecule has 416 valence electrons. The summed E-state index contributed by atoms with van der Waals surface area (Å²) in [4.78, 5) is 25.3. The Labute approximate surface area is 447 Å². The Morgan fingerprint density at radius 3 is 1.53 bits per heavy atom. The summed E-state index contributed by atoms with van der Waals surface area (Å²) in [5.41, 5.74) is 7.60. The van der Waals surface area contributed by atoms with Gasteiger partial charge in [0.1, 0.15) is 17.4 Å². The molecule has 0 saturated heterocycles. The Morgan fingerprint density at radius 1 is 0.662 bits per heavy atom. The highest BCUT2D eigenvalue weighted by Gasteiger charge is 2.61. The standard InChI is InChI=1S/C30H43FO3.C22H36O4.C7H8FN.C2H6.C2H2.CH4/c1-4-34-18-30(33)14-12-23-21(17-30)6-8-25-24(23)11-13-29(3)26(25)9-10-27(29)28(32)16-20-5-7-22(31)15-19(20)2;1-3-26-13-22(25)11-9-15-14(12-22)4-5-17-16(15)8-10-21(2)18(17)6-7-19(21)20(23)24;1-5-4-6(8)2-3-7(5)9;2*1-2;/h5,7,15,21,23-27,33H,4,6,8-14,16-18H2,1-3H3;14-19,25H,3-13H2,1-2H3,(H,23,24);2-4H,9H2,1H3;1-2H3;1-2H;1H4/t21-,23+,24-,25-,26+,27-,29+,30-;14-,15+,16-,17-,18+,19-,21+,22-;;;;/m11..../s1/i;;;1D;;. The first-order chi connectivity index (χ1) is 35.2. The van der Waals surface area contributed by atoms with Gasteiger partial charge in [-0.2, -0.15) is 0 Å². The van der Waals surface area contributed by atoms with Crippen molar-refractivity contribution >= 4 is 17.4 Å². The normalized spacial score (nSPS) is 38.3. The molecule has 8 saturated carbocycles. The maximum atomic E-state index is 13.5. The van der Waals surface area contributed by atoms with E-state index in [-0.39, 0.29) is 41.7 Å². The Morgan fingerprint density at radius 2 is 1.09 bits per heavy atom. The number of rotatable bonds is 10. The van der Waals surface area contributed by atoms with E-state index in [1.165, 1.54) is 63.1 Å². The number of Topliss-reactive ketones (excluding diaryl/α,β-unsaturated/α-hetero) is 1. The SMILES string of the molecule is C.C#C.CCOC[C@@]1(O)CC[C@H]2[C@H](CC[C@@H]3[C@@H]2CC[C@]2(C)[C@@H](C(=O)Cc4ccc(F)cc4C)CC[C@@H]32)C1.CCOC[C@@]1(O)CC[C@H]2[C@H](CC[C@@H]3[C@@H]2CC[C@]2(C)[C@@H](C(=O)O)CC[C@@H]32)C1.Cc1cc(F)ccc1N.[2H]CC. The van der Waals surface area contributed by atoms with E-state index in [4.69, 9.17) is 16.6 Å². The lowest BCUT2D eigenvalue weighted by molar-refractivity contribution is -0.152. The van der Waals surface area contributed by atoms with Crippen LogP contribution in [0.5, 0.6) is 0 Å². The molecule has 10 rings (SSSR count). The van der Waals surface area contributed by atoms with Gasteiger partial charge in [-0.05, 0) is 260 Å². The summed E-state index contributed by atoms with van der Waals surface area (Å²) < 4.78 is 43.2. The molecule has 0 aliphatic heterocycles. The van der Waals surface area contributed by atoms with E-state index in [0.717, 1.165) is 123 Å². The van der Waals surface area contributed by atoms with Gasteiger partial charge in [-0.15, -0.1) is 12.8 Å². The number of ether oxygens (including phenoxy) is 2. The van der Waals surface area contributed by atoms with Crippen molar-refractivity contribution in [1.29, 1.82) is 0 Å². The van der Waals surface area contributed by atoms with Crippen molar-refractivity contribution in [2.45, 2.75) is 196 Å². The predicted molar refractivity (Wildman–Crippen MR) is 295 cm³/mol. The third-order valence-corrected chi connectivity index (χ3v) is 20.9. The number of aryl methyl sites for hydroxylation is 2. The molecule has 0 heterocycles. The molecule has 8 aliphatic carbocycles. The highest BCUT2D eigenvalue weighted by atomic mass is 19.1. The molecule has 8 fully saturated rings. The van der Waals surface area contributed by atoms with Crippen LogP contribution in [0.4, 0.5) is 14.5 Å². The van der Waals surface area contributed by atoms with Crippen LogP contribution in [0.3, 0.4) is 0 Å². The van der Waals surface area contributed by atoms with Crippen LogP contribution in [0.1, 0.15) is 183 Å². The molecule has 8 aliphatic rings. The minimum Gasteiger partial charge on any atom is -0.481 e. The van der Waals surface area contributed by atoms with Crippen molar-refractivity contribution in [2.75, 3.05) is 32.2 Å². The summed E-state index contributed by atoms with van der Waals surface area (Å²) in [5, 5.41) is 31.7. The number of aliphatic carboxylic acids is 1. The Hall–Kier alpha value is -3.36. The molecule has 8 nitrogen and oxygen atoms in total. The lowest BCUT2D eigenvalue weighted by Crippen LogP contribution is -2.52. The van der Waals surface area contributed by atoms with Crippen molar-refractivity contribution in [1.82, 2.24) is 0 Å². The number of hydrogen-bond donors (Lipinski definition) is 4. The number of carboxylic acids is 1. The third-order valence-electron chi connectivity index (χ3n) is 20.9. The number of hydrogen-bond acceptors (Lipinski definition) is 7. The molecule has 2 aromatic rings. The van der Waals surface area contributed by atoms with Crippen LogP contribution < -0.4 is 5.73 Å². The Kier molecular flexibility index (Phi) is 21.3. The summed E-state index contributed by atoms with van der Waals surface area (Å²) in [7, 11) is 0. The fraction of sp³-hybridized carbons (Fsp3) is 0.750. The van der Waals surface area contributed by atoms with E-state index < -0.39 is 17.2 Å². The molecule has 0 radical (unpaired) electrons. The first-order valence-electron chi connectivity index (χ1n) is 29.2. The van der Waals surface area contributed by atoms with Crippen LogP contribution in [-0.4, -0.2) is 64.7 Å². The van der Waals surface area contributed by atoms with E-state index in [2.05, 4.69) is 26.7 Å². The molecular weight excluding hydrogens is 933 g/mol. The van der Waals surface area contributed by atoms with E-state index in [9.17, 15) is 33.7 Å². The summed E-state index contributed by atoms with van der Waals surface area (Å²) >= 11 is 0. The maximum Gasteiger partial charge on any atom is 0.307 e. The van der Waals surface area contributed by atoms with Crippen LogP contribution in [0.25, 0.3) is 0 Å². The number of terminal acetylenes is 1. The molecule has 16 atom stereocenters. The summed E-state index contributed by atoms with van der Waals surface area (Å²) in [5.74, 6) is 6.33. The molecule has 10 heteroatoms. The number of benzene rings is 2. The fourth-order valence-electron chi connectivity index (χ4n) is 17.5. The van der Waals surface area contributed by atoms with Gasteiger partial charge >= 0.3 is 5.97 Å². The van der Waals surface area contributed by atoms with Crippen LogP contribution in [0, 0.1) is 120 Å². The lowest BCUT2D eigenvalue weighted by Gasteiger charge is -2.57. The summed E-state index contributed by atoms with van der Waals surface area (Å²) in [6.07, 6.45) is 28.1. The zero-order valence-electron chi connectivity index (χ0n) is 46.8. The number of ketones is 1. The number of carbonyl (C=O) groups is 2. The van der Waals surface area contributed by atoms with Crippen LogP contribution in [0.15, 0.2) is 36.4 Å². The van der Waals surface area contributed by atoms with Crippen LogP contribution in [0.2, 0.25) is 0 Å². The fourth-order valence-corrected chi connectivity index (χ4v) is 17.5. The number of fused-ring (bicyclic) bond motifs is 10. The average molecular weight is 1030 g/mol. The highest BCUT2D eigenvalue weighted by Crippen LogP contribution is 2.66. The molecule has 0 aromatic heterocycles. The van der Waals surface area contributed by atoms with Crippen LogP contribution in [-0.2, 0) is 25.5 Å². The average Bonchev–Trinajstić information content (AvgIpc) is 3.93. The summed E-state index contributed by atoms with van der Waals surface area (Å²) in [6.45, 7) is 17.0. The van der Waals surface area contributed by atoms with Crippen molar-refractivity contribution in [3.8, 4) is 12.8 Å². The van der Waals surface area contributed by atoms with Gasteiger partial charge in [-0.25, -0.2) is 8.78 Å². The van der Waals surface area contributed by atoms with Crippen molar-refractivity contribution in [3.63, 3.8) is 0 Å². The number of carboxylic acid groups (broad SMARTS) is 1. The van der Waals surface area contributed by atoms with Crippen molar-refractivity contribution in [2.24, 2.45) is 81.8 Å².